The van der Waals surface area contributed by atoms with Crippen molar-refractivity contribution in [1.29, 1.82) is 0 Å². The van der Waals surface area contributed by atoms with Crippen LogP contribution in [0.25, 0.3) is 0 Å². The molecule has 0 unspecified atom stereocenters. The van der Waals surface area contributed by atoms with Crippen LogP contribution in [0.3, 0.4) is 0 Å². The van der Waals surface area contributed by atoms with Crippen LogP contribution in [0.2, 0.25) is 0 Å². The average molecular weight is 471 g/mol. The molecule has 35 heavy (non-hydrogen) atoms. The molecule has 0 saturated carbocycles. The van der Waals surface area contributed by atoms with E-state index in [9.17, 15) is 14.4 Å². The van der Waals surface area contributed by atoms with Gasteiger partial charge in [-0.05, 0) is 29.5 Å². The molecular weight excluding hydrogens is 440 g/mol. The first-order chi connectivity index (χ1) is 17.0. The Morgan fingerprint density at radius 2 is 1.31 bits per heavy atom. The molecule has 0 aromatic heterocycles. The zero-order valence-electron chi connectivity index (χ0n) is 19.6. The van der Waals surface area contributed by atoms with E-state index in [0.717, 1.165) is 23.1 Å². The second kappa shape index (κ2) is 11.0. The molecule has 2 N–H and O–H groups in total. The highest BCUT2D eigenvalue weighted by Gasteiger charge is 2.42. The van der Waals surface area contributed by atoms with Gasteiger partial charge in [-0.25, -0.2) is 0 Å². The number of hydrogen-bond acceptors (Lipinski definition) is 3. The van der Waals surface area contributed by atoms with Gasteiger partial charge < -0.3 is 15.3 Å². The van der Waals surface area contributed by atoms with Gasteiger partial charge in [-0.15, -0.1) is 0 Å². The van der Waals surface area contributed by atoms with Crippen LogP contribution in [0.15, 0.2) is 91.0 Å². The van der Waals surface area contributed by atoms with Crippen molar-refractivity contribution in [2.24, 2.45) is 0 Å². The van der Waals surface area contributed by atoms with E-state index in [-0.39, 0.29) is 31.2 Å². The molecule has 0 aliphatic carbocycles. The summed E-state index contributed by atoms with van der Waals surface area (Å²) in [6, 6.07) is 29.5. The molecule has 0 bridgehead atoms. The fraction of sp³-hybridized carbons (Fsp3) is 0.276. The van der Waals surface area contributed by atoms with Crippen LogP contribution in [0.5, 0.6) is 0 Å². The SMILES string of the molecule is O=C(O)CCNC(=O)[C@@H]1CCCN1C(=O)CC(c1ccccc1)(c1ccccc1)c1ccccc1. The standard InChI is InChI=1S/C29H30N2O4/c32-26(31-20-10-17-25(31)28(35)30-19-18-27(33)34)21-29(22-11-4-1-5-12-22,23-13-6-2-7-14-23)24-15-8-3-9-16-24/h1-9,11-16,25H,10,17-21H2,(H,30,35)(H,33,34)/t25-/m0/s1. The molecule has 180 valence electrons. The molecule has 2 amide bonds. The first kappa shape index (κ1) is 24.2. The van der Waals surface area contributed by atoms with Gasteiger partial charge >= 0.3 is 5.97 Å². The second-order valence-corrected chi connectivity index (χ2v) is 8.86. The average Bonchev–Trinajstić information content (AvgIpc) is 3.39. The number of amides is 2. The monoisotopic (exact) mass is 470 g/mol. The van der Waals surface area contributed by atoms with E-state index in [0.29, 0.717) is 13.0 Å². The summed E-state index contributed by atoms with van der Waals surface area (Å²) in [5.41, 5.74) is 2.29. The smallest absolute Gasteiger partial charge is 0.305 e. The lowest BCUT2D eigenvalue weighted by atomic mass is 9.67. The zero-order valence-corrected chi connectivity index (χ0v) is 19.6. The van der Waals surface area contributed by atoms with E-state index in [4.69, 9.17) is 5.11 Å². The quantitative estimate of drug-likeness (QED) is 0.463. The maximum atomic E-state index is 13.9. The van der Waals surface area contributed by atoms with E-state index < -0.39 is 17.4 Å². The van der Waals surface area contributed by atoms with Crippen molar-refractivity contribution in [1.82, 2.24) is 10.2 Å². The van der Waals surface area contributed by atoms with E-state index in [1.165, 1.54) is 0 Å². The van der Waals surface area contributed by atoms with Crippen LogP contribution in [0.1, 0.15) is 42.4 Å². The topological polar surface area (TPSA) is 86.7 Å². The van der Waals surface area contributed by atoms with Crippen LogP contribution in [0.4, 0.5) is 0 Å². The molecule has 1 atom stereocenters. The van der Waals surface area contributed by atoms with Gasteiger partial charge in [-0.1, -0.05) is 91.0 Å². The number of nitrogens with zero attached hydrogens (tertiary/aromatic N) is 1. The molecule has 3 aromatic carbocycles. The van der Waals surface area contributed by atoms with Crippen molar-refractivity contribution in [3.63, 3.8) is 0 Å². The number of carbonyl (C=O) groups is 3. The molecule has 6 heteroatoms. The summed E-state index contributed by atoms with van der Waals surface area (Å²) < 4.78 is 0. The Morgan fingerprint density at radius 1 is 0.829 bits per heavy atom. The third-order valence-corrected chi connectivity index (χ3v) is 6.73. The van der Waals surface area contributed by atoms with E-state index in [1.807, 2.05) is 91.0 Å². The molecule has 1 aliphatic rings. The first-order valence-electron chi connectivity index (χ1n) is 12.0. The molecule has 3 aromatic rings. The van der Waals surface area contributed by atoms with Gasteiger partial charge in [0, 0.05) is 19.5 Å². The highest BCUT2D eigenvalue weighted by molar-refractivity contribution is 5.89. The lowest BCUT2D eigenvalue weighted by Crippen LogP contribution is -2.48. The minimum absolute atomic E-state index is 0.0503. The lowest BCUT2D eigenvalue weighted by Gasteiger charge is -2.37. The third-order valence-electron chi connectivity index (χ3n) is 6.73. The third kappa shape index (κ3) is 5.27. The van der Waals surface area contributed by atoms with Gasteiger partial charge in [-0.3, -0.25) is 14.4 Å². The Kier molecular flexibility index (Phi) is 7.60. The minimum Gasteiger partial charge on any atom is -0.481 e. The number of aliphatic carboxylic acids is 1. The van der Waals surface area contributed by atoms with Crippen molar-refractivity contribution in [3.05, 3.63) is 108 Å². The molecule has 0 spiro atoms. The number of likely N-dealkylation sites (tertiary alicyclic amines) is 1. The number of benzene rings is 3. The number of carboxylic acids is 1. The Balaban J connectivity index is 1.70. The van der Waals surface area contributed by atoms with Crippen LogP contribution in [-0.2, 0) is 19.8 Å². The van der Waals surface area contributed by atoms with Crippen molar-refractivity contribution in [2.75, 3.05) is 13.1 Å². The molecular formula is C29H30N2O4. The fourth-order valence-electron chi connectivity index (χ4n) is 5.05. The molecule has 1 saturated heterocycles. The number of hydrogen-bond donors (Lipinski definition) is 2. The minimum atomic E-state index is -0.969. The summed E-state index contributed by atoms with van der Waals surface area (Å²) >= 11 is 0. The molecule has 0 radical (unpaired) electrons. The summed E-state index contributed by atoms with van der Waals surface area (Å²) in [5, 5.41) is 11.6. The largest absolute Gasteiger partial charge is 0.481 e. The Bertz CT molecular complexity index is 1050. The highest BCUT2D eigenvalue weighted by atomic mass is 16.4. The maximum Gasteiger partial charge on any atom is 0.305 e. The highest BCUT2D eigenvalue weighted by Crippen LogP contribution is 2.43. The van der Waals surface area contributed by atoms with Gasteiger partial charge in [0.2, 0.25) is 11.8 Å². The molecule has 1 fully saturated rings. The zero-order chi connectivity index (χ0) is 24.7. The second-order valence-electron chi connectivity index (χ2n) is 8.86. The van der Waals surface area contributed by atoms with Crippen molar-refractivity contribution >= 4 is 17.8 Å². The van der Waals surface area contributed by atoms with Crippen LogP contribution >= 0.6 is 0 Å². The summed E-state index contributed by atoms with van der Waals surface area (Å²) in [4.78, 5) is 39.2. The van der Waals surface area contributed by atoms with Crippen LogP contribution in [0, 0.1) is 0 Å². The Morgan fingerprint density at radius 3 is 1.77 bits per heavy atom. The number of carboxylic acid groups (broad SMARTS) is 1. The fourth-order valence-corrected chi connectivity index (χ4v) is 5.05. The van der Waals surface area contributed by atoms with Gasteiger partial charge in [0.05, 0.1) is 11.8 Å². The van der Waals surface area contributed by atoms with E-state index in [2.05, 4.69) is 5.32 Å². The summed E-state index contributed by atoms with van der Waals surface area (Å²) in [6.07, 6.45) is 1.33. The Hall–Kier alpha value is -3.93. The molecule has 1 heterocycles. The van der Waals surface area contributed by atoms with Crippen LogP contribution < -0.4 is 5.32 Å². The lowest BCUT2D eigenvalue weighted by molar-refractivity contribution is -0.140. The van der Waals surface area contributed by atoms with Gasteiger partial charge in [-0.2, -0.15) is 0 Å². The number of rotatable bonds is 9. The van der Waals surface area contributed by atoms with Crippen molar-refractivity contribution < 1.29 is 19.5 Å². The van der Waals surface area contributed by atoms with Crippen molar-refractivity contribution in [3.8, 4) is 0 Å². The molecule has 1 aliphatic heterocycles. The normalized spacial score (nSPS) is 15.5. The van der Waals surface area contributed by atoms with E-state index in [1.54, 1.807) is 4.90 Å². The van der Waals surface area contributed by atoms with Gasteiger partial charge in [0.1, 0.15) is 6.04 Å². The number of nitrogens with one attached hydrogen (secondary N) is 1. The molecule has 4 rings (SSSR count). The summed E-state index contributed by atoms with van der Waals surface area (Å²) in [7, 11) is 0. The summed E-state index contributed by atoms with van der Waals surface area (Å²) in [6.45, 7) is 0.555. The van der Waals surface area contributed by atoms with Gasteiger partial charge in [0.15, 0.2) is 0 Å². The predicted octanol–water partition coefficient (Wildman–Crippen LogP) is 3.99. The number of carbonyl (C=O) groups excluding carboxylic acids is 2. The van der Waals surface area contributed by atoms with Crippen LogP contribution in [-0.4, -0.2) is 46.9 Å². The van der Waals surface area contributed by atoms with E-state index >= 15 is 0 Å². The maximum absolute atomic E-state index is 13.9. The predicted molar refractivity (Wildman–Crippen MR) is 134 cm³/mol. The molecule has 6 nitrogen and oxygen atoms in total. The van der Waals surface area contributed by atoms with Gasteiger partial charge in [0.25, 0.3) is 0 Å². The first-order valence-corrected chi connectivity index (χ1v) is 12.0. The summed E-state index contributed by atoms with van der Waals surface area (Å²) in [5.74, 6) is -1.36. The Labute approximate surface area is 205 Å². The van der Waals surface area contributed by atoms with Crippen molar-refractivity contribution in [2.45, 2.75) is 37.1 Å².